The van der Waals surface area contributed by atoms with Crippen molar-refractivity contribution in [3.05, 3.63) is 132 Å². The Hall–Kier alpha value is -4.38. The van der Waals surface area contributed by atoms with Gasteiger partial charge >= 0.3 is 0 Å². The second-order valence-electron chi connectivity index (χ2n) is 7.79. The fraction of sp³-hybridized carbons (Fsp3) is 0.0714. The van der Waals surface area contributed by atoms with Crippen molar-refractivity contribution < 1.29 is 9.53 Å². The molecule has 5 rings (SSSR count). The highest BCUT2D eigenvalue weighted by molar-refractivity contribution is 6.04. The van der Waals surface area contributed by atoms with E-state index in [9.17, 15) is 4.79 Å². The first-order valence-electron chi connectivity index (χ1n) is 10.8. The Morgan fingerprint density at radius 3 is 2.58 bits per heavy atom. The lowest BCUT2D eigenvalue weighted by Crippen LogP contribution is -2.13. The van der Waals surface area contributed by atoms with Gasteiger partial charge in [-0.1, -0.05) is 60.7 Å². The van der Waals surface area contributed by atoms with E-state index in [1.165, 1.54) is 5.56 Å². The van der Waals surface area contributed by atoms with Crippen LogP contribution in [0.2, 0.25) is 0 Å². The SMILES string of the molecule is O=C(Nc1ccccc1Cc1ccccc1)c1cccc(OCc2cn3ccccc3n2)c1. The van der Waals surface area contributed by atoms with Crippen LogP contribution < -0.4 is 10.1 Å². The molecule has 0 aliphatic carbocycles. The summed E-state index contributed by atoms with van der Waals surface area (Å²) < 4.78 is 7.86. The summed E-state index contributed by atoms with van der Waals surface area (Å²) in [7, 11) is 0. The quantitative estimate of drug-likeness (QED) is 0.355. The number of benzene rings is 3. The van der Waals surface area contributed by atoms with Crippen molar-refractivity contribution in [2.24, 2.45) is 0 Å². The van der Waals surface area contributed by atoms with Crippen molar-refractivity contribution in [1.82, 2.24) is 9.38 Å². The number of pyridine rings is 1. The van der Waals surface area contributed by atoms with Crippen LogP contribution in [0.3, 0.4) is 0 Å². The molecule has 0 aliphatic heterocycles. The number of para-hydroxylation sites is 1. The second kappa shape index (κ2) is 9.40. The van der Waals surface area contributed by atoms with Gasteiger partial charge in [0.25, 0.3) is 5.91 Å². The molecule has 0 saturated carbocycles. The van der Waals surface area contributed by atoms with Crippen molar-refractivity contribution in [3.8, 4) is 5.75 Å². The van der Waals surface area contributed by atoms with Gasteiger partial charge in [-0.05, 0) is 53.9 Å². The van der Waals surface area contributed by atoms with E-state index in [-0.39, 0.29) is 5.91 Å². The molecule has 0 radical (unpaired) electrons. The summed E-state index contributed by atoms with van der Waals surface area (Å²) in [6, 6.07) is 31.2. The van der Waals surface area contributed by atoms with Gasteiger partial charge in [0.1, 0.15) is 18.0 Å². The number of fused-ring (bicyclic) bond motifs is 1. The summed E-state index contributed by atoms with van der Waals surface area (Å²) >= 11 is 0. The third-order valence-electron chi connectivity index (χ3n) is 5.40. The fourth-order valence-corrected chi connectivity index (χ4v) is 3.75. The molecule has 0 unspecified atom stereocenters. The predicted octanol–water partition coefficient (Wildman–Crippen LogP) is 5.76. The molecule has 5 nitrogen and oxygen atoms in total. The summed E-state index contributed by atoms with van der Waals surface area (Å²) in [5, 5.41) is 3.06. The Balaban J connectivity index is 1.27. The van der Waals surface area contributed by atoms with E-state index in [1.807, 2.05) is 89.6 Å². The lowest BCUT2D eigenvalue weighted by molar-refractivity contribution is 0.102. The highest BCUT2D eigenvalue weighted by atomic mass is 16.5. The fourth-order valence-electron chi connectivity index (χ4n) is 3.75. The molecule has 0 bridgehead atoms. The first kappa shape index (κ1) is 20.5. The van der Waals surface area contributed by atoms with Gasteiger partial charge in [-0.3, -0.25) is 4.79 Å². The second-order valence-corrected chi connectivity index (χ2v) is 7.79. The Morgan fingerprint density at radius 2 is 1.70 bits per heavy atom. The zero-order valence-corrected chi connectivity index (χ0v) is 18.0. The molecule has 2 heterocycles. The van der Waals surface area contributed by atoms with E-state index in [0.29, 0.717) is 17.9 Å². The maximum Gasteiger partial charge on any atom is 0.255 e. The minimum atomic E-state index is -0.173. The van der Waals surface area contributed by atoms with Crippen LogP contribution in [0.5, 0.6) is 5.75 Å². The first-order valence-corrected chi connectivity index (χ1v) is 10.8. The first-order chi connectivity index (χ1) is 16.2. The van der Waals surface area contributed by atoms with Crippen molar-refractivity contribution >= 4 is 17.2 Å². The van der Waals surface area contributed by atoms with Gasteiger partial charge in [0.2, 0.25) is 0 Å². The number of ether oxygens (including phenoxy) is 1. The zero-order chi connectivity index (χ0) is 22.5. The van der Waals surface area contributed by atoms with Gasteiger partial charge in [0.15, 0.2) is 0 Å². The normalized spacial score (nSPS) is 10.8. The van der Waals surface area contributed by atoms with Gasteiger partial charge in [-0.25, -0.2) is 4.98 Å². The largest absolute Gasteiger partial charge is 0.487 e. The van der Waals surface area contributed by atoms with E-state index in [0.717, 1.165) is 29.0 Å². The number of nitrogens with one attached hydrogen (secondary N) is 1. The molecule has 1 amide bonds. The summed E-state index contributed by atoms with van der Waals surface area (Å²) in [6.45, 7) is 0.326. The molecule has 5 heteroatoms. The van der Waals surface area contributed by atoms with Gasteiger partial charge in [-0.2, -0.15) is 0 Å². The van der Waals surface area contributed by atoms with Crippen LogP contribution >= 0.6 is 0 Å². The Bertz CT molecular complexity index is 1360. The number of hydrogen-bond acceptors (Lipinski definition) is 3. The number of aromatic nitrogens is 2. The Kier molecular flexibility index (Phi) is 5.85. The number of carbonyl (C=O) groups is 1. The molecule has 0 atom stereocenters. The third-order valence-corrected chi connectivity index (χ3v) is 5.40. The maximum atomic E-state index is 13.0. The molecule has 33 heavy (non-hydrogen) atoms. The summed E-state index contributed by atoms with van der Waals surface area (Å²) in [5.41, 5.74) is 5.31. The molecule has 0 spiro atoms. The van der Waals surface area contributed by atoms with Crippen molar-refractivity contribution in [1.29, 1.82) is 0 Å². The number of anilines is 1. The lowest BCUT2D eigenvalue weighted by Gasteiger charge is -2.12. The molecular formula is C28H23N3O2. The van der Waals surface area contributed by atoms with E-state index in [2.05, 4.69) is 22.4 Å². The number of hydrogen-bond donors (Lipinski definition) is 1. The van der Waals surface area contributed by atoms with Crippen molar-refractivity contribution in [2.45, 2.75) is 13.0 Å². The predicted molar refractivity (Wildman–Crippen MR) is 130 cm³/mol. The third kappa shape index (κ3) is 4.93. The van der Waals surface area contributed by atoms with Gasteiger partial charge in [-0.15, -0.1) is 0 Å². The average molecular weight is 434 g/mol. The molecule has 5 aromatic rings. The summed E-state index contributed by atoms with van der Waals surface area (Å²) in [5.74, 6) is 0.450. The number of amides is 1. The molecule has 162 valence electrons. The molecule has 2 aromatic heterocycles. The minimum Gasteiger partial charge on any atom is -0.487 e. The number of carbonyl (C=O) groups excluding carboxylic acids is 1. The van der Waals surface area contributed by atoms with Crippen LogP contribution in [0.25, 0.3) is 5.65 Å². The van der Waals surface area contributed by atoms with Gasteiger partial charge in [0.05, 0.1) is 5.69 Å². The van der Waals surface area contributed by atoms with Crippen LogP contribution in [0.1, 0.15) is 27.2 Å². The van der Waals surface area contributed by atoms with E-state index in [4.69, 9.17) is 4.74 Å². The van der Waals surface area contributed by atoms with Gasteiger partial charge in [0, 0.05) is 23.6 Å². The number of rotatable bonds is 7. The number of imidazole rings is 1. The van der Waals surface area contributed by atoms with Crippen molar-refractivity contribution in [3.63, 3.8) is 0 Å². The highest BCUT2D eigenvalue weighted by Gasteiger charge is 2.11. The minimum absolute atomic E-state index is 0.173. The standard InChI is InChI=1S/C28H23N3O2/c32-28(30-26-14-5-4-11-22(26)17-21-9-2-1-3-10-21)23-12-8-13-25(18-23)33-20-24-19-31-16-7-6-15-27(31)29-24/h1-16,18-19H,17,20H2,(H,30,32). The highest BCUT2D eigenvalue weighted by Crippen LogP contribution is 2.21. The molecular weight excluding hydrogens is 410 g/mol. The van der Waals surface area contributed by atoms with Gasteiger partial charge < -0.3 is 14.5 Å². The Morgan fingerprint density at radius 1 is 0.879 bits per heavy atom. The average Bonchev–Trinajstić information content (AvgIpc) is 3.28. The van der Waals surface area contributed by atoms with E-state index >= 15 is 0 Å². The smallest absolute Gasteiger partial charge is 0.255 e. The zero-order valence-electron chi connectivity index (χ0n) is 18.0. The van der Waals surface area contributed by atoms with E-state index in [1.54, 1.807) is 12.1 Å². The van der Waals surface area contributed by atoms with Crippen molar-refractivity contribution in [2.75, 3.05) is 5.32 Å². The molecule has 1 N–H and O–H groups in total. The molecule has 0 fully saturated rings. The van der Waals surface area contributed by atoms with Crippen LogP contribution in [-0.2, 0) is 13.0 Å². The Labute approximate surface area is 192 Å². The number of nitrogens with zero attached hydrogens (tertiary/aromatic N) is 2. The maximum absolute atomic E-state index is 13.0. The van der Waals surface area contributed by atoms with Crippen LogP contribution in [0.15, 0.2) is 109 Å². The lowest BCUT2D eigenvalue weighted by atomic mass is 10.0. The summed E-state index contributed by atoms with van der Waals surface area (Å²) in [6.07, 6.45) is 4.64. The molecule has 0 saturated heterocycles. The summed E-state index contributed by atoms with van der Waals surface area (Å²) in [4.78, 5) is 17.5. The topological polar surface area (TPSA) is 55.6 Å². The van der Waals surface area contributed by atoms with Crippen LogP contribution in [0, 0.1) is 0 Å². The van der Waals surface area contributed by atoms with E-state index < -0.39 is 0 Å². The van der Waals surface area contributed by atoms with Crippen LogP contribution in [-0.4, -0.2) is 15.3 Å². The van der Waals surface area contributed by atoms with Crippen LogP contribution in [0.4, 0.5) is 5.69 Å². The molecule has 0 aliphatic rings. The molecule has 3 aromatic carbocycles. The monoisotopic (exact) mass is 433 g/mol.